The van der Waals surface area contributed by atoms with E-state index in [4.69, 9.17) is 0 Å². The van der Waals surface area contributed by atoms with Gasteiger partial charge in [0.1, 0.15) is 0 Å². The summed E-state index contributed by atoms with van der Waals surface area (Å²) in [7, 11) is 0. The van der Waals surface area contributed by atoms with E-state index in [1.165, 1.54) is 23.1 Å². The summed E-state index contributed by atoms with van der Waals surface area (Å²) < 4.78 is 0.708. The molecule has 0 unspecified atom stereocenters. The van der Waals surface area contributed by atoms with Crippen LogP contribution in [0.5, 0.6) is 0 Å². The van der Waals surface area contributed by atoms with E-state index in [1.54, 1.807) is 6.92 Å². The first-order valence-corrected chi connectivity index (χ1v) is 9.99. The van der Waals surface area contributed by atoms with Crippen LogP contribution in [0.15, 0.2) is 4.34 Å². The maximum atomic E-state index is 12.1. The summed E-state index contributed by atoms with van der Waals surface area (Å²) >= 11 is 2.72. The van der Waals surface area contributed by atoms with Gasteiger partial charge in [-0.25, -0.2) is 4.79 Å². The molecule has 1 fully saturated rings. The van der Waals surface area contributed by atoms with Crippen molar-refractivity contribution in [1.82, 2.24) is 20.8 Å². The molecule has 1 aliphatic rings. The van der Waals surface area contributed by atoms with E-state index < -0.39 is 11.3 Å². The molecule has 24 heavy (non-hydrogen) atoms. The Bertz CT molecular complexity index is 558. The largest absolute Gasteiger partial charge is 0.360 e. The molecule has 3 amide bonds. The maximum absolute atomic E-state index is 12.1. The van der Waals surface area contributed by atoms with Crippen LogP contribution in [0.4, 0.5) is 9.93 Å². The summed E-state index contributed by atoms with van der Waals surface area (Å²) in [5.41, 5.74) is 0. The number of aromatic nitrogens is 2. The second kappa shape index (κ2) is 9.22. The highest BCUT2D eigenvalue weighted by molar-refractivity contribution is 8.02. The van der Waals surface area contributed by atoms with E-state index in [9.17, 15) is 9.59 Å². The molecule has 1 saturated carbocycles. The van der Waals surface area contributed by atoms with E-state index in [1.807, 2.05) is 0 Å². The number of nitrogens with one attached hydrogen (secondary N) is 3. The summed E-state index contributed by atoms with van der Waals surface area (Å²) in [6, 6.07) is -0.214. The summed E-state index contributed by atoms with van der Waals surface area (Å²) in [6.07, 6.45) is 4.25. The third-order valence-electron chi connectivity index (χ3n) is 3.64. The standard InChI is InChI=1S/C15H25N5O2S2/c1-9(2)8-16-14-19-20-15(24-14)23-10(3)12(21)18-13(22)17-11-6-4-5-7-11/h9-11H,4-8H2,1-3H3,(H,16,19)(H2,17,18,21,22)/t10-/m0/s1. The van der Waals surface area contributed by atoms with Gasteiger partial charge in [-0.15, -0.1) is 10.2 Å². The third-order valence-corrected chi connectivity index (χ3v) is 5.71. The topological polar surface area (TPSA) is 96.0 Å². The number of imide groups is 1. The molecule has 0 saturated heterocycles. The second-order valence-electron chi connectivity index (χ2n) is 6.35. The van der Waals surface area contributed by atoms with Gasteiger partial charge in [0.2, 0.25) is 11.0 Å². The predicted molar refractivity (Wildman–Crippen MR) is 97.5 cm³/mol. The van der Waals surface area contributed by atoms with Crippen molar-refractivity contribution in [1.29, 1.82) is 0 Å². The summed E-state index contributed by atoms with van der Waals surface area (Å²) in [4.78, 5) is 23.9. The summed E-state index contributed by atoms with van der Waals surface area (Å²) in [5, 5.41) is 16.9. The van der Waals surface area contributed by atoms with Crippen LogP contribution in [-0.4, -0.2) is 40.0 Å². The van der Waals surface area contributed by atoms with Crippen molar-refractivity contribution in [2.75, 3.05) is 11.9 Å². The molecule has 1 atom stereocenters. The van der Waals surface area contributed by atoms with Gasteiger partial charge in [0, 0.05) is 12.6 Å². The lowest BCUT2D eigenvalue weighted by Crippen LogP contribution is -2.45. The Morgan fingerprint density at radius 1 is 1.25 bits per heavy atom. The van der Waals surface area contributed by atoms with Gasteiger partial charge in [-0.1, -0.05) is 49.8 Å². The van der Waals surface area contributed by atoms with Gasteiger partial charge in [0.15, 0.2) is 4.34 Å². The first-order chi connectivity index (χ1) is 11.4. The van der Waals surface area contributed by atoms with Crippen molar-refractivity contribution in [3.63, 3.8) is 0 Å². The van der Waals surface area contributed by atoms with E-state index in [0.717, 1.165) is 37.4 Å². The molecule has 1 aliphatic carbocycles. The van der Waals surface area contributed by atoms with Crippen molar-refractivity contribution in [3.05, 3.63) is 0 Å². The number of carbonyl (C=O) groups excluding carboxylic acids is 2. The summed E-state index contributed by atoms with van der Waals surface area (Å²) in [5.74, 6) is 0.204. The van der Waals surface area contributed by atoms with Crippen LogP contribution in [0.3, 0.4) is 0 Å². The van der Waals surface area contributed by atoms with Crippen LogP contribution in [-0.2, 0) is 4.79 Å². The zero-order valence-electron chi connectivity index (χ0n) is 14.3. The molecule has 0 bridgehead atoms. The quantitative estimate of drug-likeness (QED) is 0.638. The Morgan fingerprint density at radius 2 is 1.96 bits per heavy atom. The van der Waals surface area contributed by atoms with Crippen LogP contribution in [0.2, 0.25) is 0 Å². The lowest BCUT2D eigenvalue weighted by Gasteiger charge is -2.14. The number of nitrogens with zero attached hydrogens (tertiary/aromatic N) is 2. The monoisotopic (exact) mass is 371 g/mol. The van der Waals surface area contributed by atoms with Crippen molar-refractivity contribution in [2.45, 2.75) is 62.1 Å². The Morgan fingerprint density at radius 3 is 2.62 bits per heavy atom. The van der Waals surface area contributed by atoms with Crippen LogP contribution in [0.25, 0.3) is 0 Å². The predicted octanol–water partition coefficient (Wildman–Crippen LogP) is 2.86. The maximum Gasteiger partial charge on any atom is 0.321 e. The highest BCUT2D eigenvalue weighted by Gasteiger charge is 2.22. The number of carbonyl (C=O) groups is 2. The van der Waals surface area contributed by atoms with Crippen LogP contribution in [0.1, 0.15) is 46.5 Å². The number of thioether (sulfide) groups is 1. The zero-order chi connectivity index (χ0) is 17.5. The molecule has 7 nitrogen and oxygen atoms in total. The average molecular weight is 372 g/mol. The van der Waals surface area contributed by atoms with Gasteiger partial charge in [0.05, 0.1) is 5.25 Å². The van der Waals surface area contributed by atoms with Gasteiger partial charge in [-0.3, -0.25) is 10.1 Å². The molecule has 0 radical (unpaired) electrons. The highest BCUT2D eigenvalue weighted by atomic mass is 32.2. The van der Waals surface area contributed by atoms with Gasteiger partial charge >= 0.3 is 6.03 Å². The van der Waals surface area contributed by atoms with Crippen LogP contribution >= 0.6 is 23.1 Å². The Hall–Kier alpha value is -1.35. The smallest absolute Gasteiger partial charge is 0.321 e. The van der Waals surface area contributed by atoms with Crippen molar-refractivity contribution < 1.29 is 9.59 Å². The lowest BCUT2D eigenvalue weighted by atomic mass is 10.2. The molecule has 0 aliphatic heterocycles. The number of rotatable bonds is 7. The van der Waals surface area contributed by atoms with E-state index >= 15 is 0 Å². The third kappa shape index (κ3) is 6.27. The van der Waals surface area contributed by atoms with Crippen molar-refractivity contribution in [3.8, 4) is 0 Å². The fourth-order valence-electron chi connectivity index (χ4n) is 2.33. The minimum Gasteiger partial charge on any atom is -0.360 e. The minimum atomic E-state index is -0.412. The van der Waals surface area contributed by atoms with Crippen LogP contribution < -0.4 is 16.0 Å². The average Bonchev–Trinajstić information content (AvgIpc) is 3.16. The number of hydrogen-bond acceptors (Lipinski definition) is 7. The number of amides is 3. The molecule has 3 N–H and O–H groups in total. The first kappa shape index (κ1) is 19.0. The fourth-order valence-corrected chi connectivity index (χ4v) is 4.23. The molecular weight excluding hydrogens is 346 g/mol. The van der Waals surface area contributed by atoms with Gasteiger partial charge in [-0.2, -0.15) is 0 Å². The summed E-state index contributed by atoms with van der Waals surface area (Å²) in [6.45, 7) is 6.82. The van der Waals surface area contributed by atoms with Crippen molar-refractivity contribution in [2.24, 2.45) is 5.92 Å². The molecule has 2 rings (SSSR count). The molecule has 1 aromatic heterocycles. The highest BCUT2D eigenvalue weighted by Crippen LogP contribution is 2.29. The van der Waals surface area contributed by atoms with E-state index in [0.29, 0.717) is 10.3 Å². The number of urea groups is 1. The van der Waals surface area contributed by atoms with E-state index in [2.05, 4.69) is 40.0 Å². The Labute approximate surface area is 150 Å². The zero-order valence-corrected chi connectivity index (χ0v) is 15.9. The second-order valence-corrected chi connectivity index (χ2v) is 8.92. The normalized spacial score (nSPS) is 16.2. The molecular formula is C15H25N5O2S2. The Kier molecular flexibility index (Phi) is 7.29. The molecule has 9 heteroatoms. The molecule has 0 spiro atoms. The van der Waals surface area contributed by atoms with Gasteiger partial charge in [-0.05, 0) is 25.7 Å². The van der Waals surface area contributed by atoms with Crippen molar-refractivity contribution >= 4 is 40.2 Å². The molecule has 0 aromatic carbocycles. The molecule has 1 aromatic rings. The first-order valence-electron chi connectivity index (χ1n) is 8.29. The number of anilines is 1. The van der Waals surface area contributed by atoms with Gasteiger partial charge < -0.3 is 10.6 Å². The SMILES string of the molecule is CC(C)CNc1nnc(S[C@@H](C)C(=O)NC(=O)NC2CCCC2)s1. The molecule has 134 valence electrons. The van der Waals surface area contributed by atoms with E-state index in [-0.39, 0.29) is 11.9 Å². The Balaban J connectivity index is 1.75. The van der Waals surface area contributed by atoms with Gasteiger partial charge in [0.25, 0.3) is 0 Å². The van der Waals surface area contributed by atoms with Crippen LogP contribution in [0, 0.1) is 5.92 Å². The molecule has 1 heterocycles. The lowest BCUT2D eigenvalue weighted by molar-refractivity contribution is -0.119. The minimum absolute atomic E-state index is 0.193. The number of hydrogen-bond donors (Lipinski definition) is 3. The fraction of sp³-hybridized carbons (Fsp3) is 0.733.